The van der Waals surface area contributed by atoms with Crippen LogP contribution in [0, 0.1) is 0 Å². The molecule has 0 aliphatic carbocycles. The molecule has 5 heteroatoms. The number of halogens is 1. The van der Waals surface area contributed by atoms with Crippen molar-refractivity contribution in [1.29, 1.82) is 0 Å². The number of hydrogen-bond acceptors (Lipinski definition) is 3. The van der Waals surface area contributed by atoms with Crippen molar-refractivity contribution in [3.05, 3.63) is 59.0 Å². The first kappa shape index (κ1) is 15.6. The van der Waals surface area contributed by atoms with Crippen molar-refractivity contribution in [3.8, 4) is 0 Å². The van der Waals surface area contributed by atoms with Crippen LogP contribution in [0.4, 0.5) is 0 Å². The second-order valence-corrected chi connectivity index (χ2v) is 5.28. The van der Waals surface area contributed by atoms with Gasteiger partial charge in [-0.25, -0.2) is 0 Å². The number of furan rings is 1. The first-order valence-corrected chi connectivity index (χ1v) is 7.28. The van der Waals surface area contributed by atoms with E-state index in [0.717, 1.165) is 19.5 Å². The molecule has 0 spiro atoms. The predicted molar refractivity (Wildman–Crippen MR) is 83.4 cm³/mol. The summed E-state index contributed by atoms with van der Waals surface area (Å²) in [5, 5.41) is 2.97. The SMILES string of the molecule is CN(CCCNC(=O)c1ccoc1Cl)Cc1ccccc1. The van der Waals surface area contributed by atoms with Crippen LogP contribution in [0.2, 0.25) is 5.22 Å². The summed E-state index contributed by atoms with van der Waals surface area (Å²) in [6, 6.07) is 11.9. The van der Waals surface area contributed by atoms with E-state index in [2.05, 4.69) is 29.4 Å². The lowest BCUT2D eigenvalue weighted by atomic mass is 10.2. The Bertz CT molecular complexity index is 569. The fourth-order valence-corrected chi connectivity index (χ4v) is 2.28. The van der Waals surface area contributed by atoms with Gasteiger partial charge in [0.1, 0.15) is 0 Å². The van der Waals surface area contributed by atoms with Gasteiger partial charge in [-0.3, -0.25) is 4.79 Å². The van der Waals surface area contributed by atoms with E-state index in [1.807, 2.05) is 18.2 Å². The predicted octanol–water partition coefficient (Wildman–Crippen LogP) is 3.18. The van der Waals surface area contributed by atoms with E-state index in [4.69, 9.17) is 16.0 Å². The second-order valence-electron chi connectivity index (χ2n) is 4.94. The quantitative estimate of drug-likeness (QED) is 0.799. The smallest absolute Gasteiger partial charge is 0.256 e. The Labute approximate surface area is 129 Å². The van der Waals surface area contributed by atoms with Crippen molar-refractivity contribution in [1.82, 2.24) is 10.2 Å². The van der Waals surface area contributed by atoms with Crippen molar-refractivity contribution in [2.75, 3.05) is 20.1 Å². The Morgan fingerprint density at radius 2 is 2.05 bits per heavy atom. The van der Waals surface area contributed by atoms with Gasteiger partial charge in [-0.2, -0.15) is 0 Å². The summed E-state index contributed by atoms with van der Waals surface area (Å²) in [6.45, 7) is 2.43. The third-order valence-electron chi connectivity index (χ3n) is 3.16. The molecule has 1 N–H and O–H groups in total. The Balaban J connectivity index is 1.65. The van der Waals surface area contributed by atoms with Crippen LogP contribution in [-0.2, 0) is 6.54 Å². The maximum absolute atomic E-state index is 11.8. The van der Waals surface area contributed by atoms with E-state index in [-0.39, 0.29) is 11.1 Å². The van der Waals surface area contributed by atoms with Crippen LogP contribution in [0.15, 0.2) is 47.1 Å². The highest BCUT2D eigenvalue weighted by Crippen LogP contribution is 2.16. The minimum atomic E-state index is -0.195. The Morgan fingerprint density at radius 3 is 2.71 bits per heavy atom. The molecule has 1 aromatic heterocycles. The number of nitrogens with one attached hydrogen (secondary N) is 1. The molecule has 112 valence electrons. The molecular weight excluding hydrogens is 288 g/mol. The molecule has 1 heterocycles. The lowest BCUT2D eigenvalue weighted by Crippen LogP contribution is -2.28. The summed E-state index contributed by atoms with van der Waals surface area (Å²) >= 11 is 5.75. The van der Waals surface area contributed by atoms with Gasteiger partial charge in [-0.15, -0.1) is 0 Å². The van der Waals surface area contributed by atoms with Crippen LogP contribution >= 0.6 is 11.6 Å². The third-order valence-corrected chi connectivity index (χ3v) is 3.45. The van der Waals surface area contributed by atoms with Crippen molar-refractivity contribution in [2.24, 2.45) is 0 Å². The zero-order valence-corrected chi connectivity index (χ0v) is 12.8. The maximum atomic E-state index is 11.8. The van der Waals surface area contributed by atoms with Crippen LogP contribution in [0.25, 0.3) is 0 Å². The highest BCUT2D eigenvalue weighted by molar-refractivity contribution is 6.32. The molecular formula is C16H19ClN2O2. The van der Waals surface area contributed by atoms with Gasteiger partial charge in [0.15, 0.2) is 0 Å². The van der Waals surface area contributed by atoms with Gasteiger partial charge in [0.05, 0.1) is 11.8 Å². The molecule has 0 bridgehead atoms. The van der Waals surface area contributed by atoms with Crippen LogP contribution < -0.4 is 5.32 Å². The zero-order valence-electron chi connectivity index (χ0n) is 12.0. The van der Waals surface area contributed by atoms with Gasteiger partial charge in [-0.1, -0.05) is 30.3 Å². The Morgan fingerprint density at radius 1 is 1.29 bits per heavy atom. The molecule has 0 unspecified atom stereocenters. The second kappa shape index (κ2) is 7.86. The standard InChI is InChI=1S/C16H19ClN2O2/c1-19(12-13-6-3-2-4-7-13)10-5-9-18-16(20)14-8-11-21-15(14)17/h2-4,6-8,11H,5,9-10,12H2,1H3,(H,18,20). The van der Waals surface area contributed by atoms with E-state index in [9.17, 15) is 4.79 Å². The largest absolute Gasteiger partial charge is 0.452 e. The summed E-state index contributed by atoms with van der Waals surface area (Å²) < 4.78 is 4.89. The lowest BCUT2D eigenvalue weighted by molar-refractivity contribution is 0.0951. The van der Waals surface area contributed by atoms with Crippen molar-refractivity contribution in [3.63, 3.8) is 0 Å². The van der Waals surface area contributed by atoms with Crippen LogP contribution in [0.1, 0.15) is 22.3 Å². The van der Waals surface area contributed by atoms with Crippen molar-refractivity contribution >= 4 is 17.5 Å². The Kier molecular flexibility index (Phi) is 5.84. The highest BCUT2D eigenvalue weighted by atomic mass is 35.5. The maximum Gasteiger partial charge on any atom is 0.256 e. The van der Waals surface area contributed by atoms with Gasteiger partial charge in [0, 0.05) is 13.1 Å². The van der Waals surface area contributed by atoms with E-state index < -0.39 is 0 Å². The summed E-state index contributed by atoms with van der Waals surface area (Å²) in [5.74, 6) is -0.195. The first-order chi connectivity index (χ1) is 10.2. The molecule has 0 radical (unpaired) electrons. The third kappa shape index (κ3) is 4.92. The first-order valence-electron chi connectivity index (χ1n) is 6.90. The summed E-state index contributed by atoms with van der Waals surface area (Å²) in [4.78, 5) is 14.0. The average molecular weight is 307 g/mol. The molecule has 21 heavy (non-hydrogen) atoms. The van der Waals surface area contributed by atoms with E-state index >= 15 is 0 Å². The van der Waals surface area contributed by atoms with E-state index in [1.165, 1.54) is 11.8 Å². The van der Waals surface area contributed by atoms with Gasteiger partial charge in [0.2, 0.25) is 5.22 Å². The number of amides is 1. The van der Waals surface area contributed by atoms with Gasteiger partial charge in [-0.05, 0) is 43.2 Å². The normalized spacial score (nSPS) is 10.8. The molecule has 2 rings (SSSR count). The topological polar surface area (TPSA) is 45.5 Å². The monoisotopic (exact) mass is 306 g/mol. The van der Waals surface area contributed by atoms with Gasteiger partial charge >= 0.3 is 0 Å². The number of rotatable bonds is 7. The number of nitrogens with zero attached hydrogens (tertiary/aromatic N) is 1. The van der Waals surface area contributed by atoms with Crippen molar-refractivity contribution < 1.29 is 9.21 Å². The highest BCUT2D eigenvalue weighted by Gasteiger charge is 2.11. The van der Waals surface area contributed by atoms with Crippen molar-refractivity contribution in [2.45, 2.75) is 13.0 Å². The van der Waals surface area contributed by atoms with Gasteiger partial charge < -0.3 is 14.6 Å². The molecule has 0 saturated heterocycles. The molecule has 1 aromatic carbocycles. The summed E-state index contributed by atoms with van der Waals surface area (Å²) in [6.07, 6.45) is 2.29. The number of benzene rings is 1. The minimum absolute atomic E-state index is 0.133. The average Bonchev–Trinajstić information content (AvgIpc) is 2.91. The fraction of sp³-hybridized carbons (Fsp3) is 0.312. The number of hydrogen-bond donors (Lipinski definition) is 1. The fourth-order valence-electron chi connectivity index (χ4n) is 2.08. The molecule has 0 aliphatic rings. The number of carbonyl (C=O) groups is 1. The van der Waals surface area contributed by atoms with Gasteiger partial charge in [0.25, 0.3) is 5.91 Å². The Hall–Kier alpha value is -1.78. The van der Waals surface area contributed by atoms with E-state index in [0.29, 0.717) is 12.1 Å². The zero-order chi connectivity index (χ0) is 15.1. The lowest BCUT2D eigenvalue weighted by Gasteiger charge is -2.16. The molecule has 0 atom stereocenters. The summed E-state index contributed by atoms with van der Waals surface area (Å²) in [7, 11) is 2.07. The van der Waals surface area contributed by atoms with Crippen LogP contribution in [0.5, 0.6) is 0 Å². The minimum Gasteiger partial charge on any atom is -0.452 e. The molecule has 0 fully saturated rings. The number of carbonyl (C=O) groups excluding carboxylic acids is 1. The van der Waals surface area contributed by atoms with Crippen LogP contribution in [-0.4, -0.2) is 30.9 Å². The van der Waals surface area contributed by atoms with E-state index in [1.54, 1.807) is 6.07 Å². The molecule has 4 nitrogen and oxygen atoms in total. The van der Waals surface area contributed by atoms with Crippen LogP contribution in [0.3, 0.4) is 0 Å². The molecule has 0 aliphatic heterocycles. The summed E-state index contributed by atoms with van der Waals surface area (Å²) in [5.41, 5.74) is 1.67. The molecule has 0 saturated carbocycles. The molecule has 1 amide bonds. The molecule has 2 aromatic rings.